The number of amides is 1. The predicted molar refractivity (Wildman–Crippen MR) is 88.4 cm³/mol. The molecule has 0 aliphatic heterocycles. The molecule has 116 valence electrons. The second-order valence-corrected chi connectivity index (χ2v) is 7.55. The predicted octanol–water partition coefficient (Wildman–Crippen LogP) is 4.78. The number of halogens is 1. The third-order valence-electron chi connectivity index (χ3n) is 3.39. The first-order chi connectivity index (χ1) is 9.85. The first kappa shape index (κ1) is 16.3. The fraction of sp³-hybridized carbons (Fsp3) is 0.588. The van der Waals surface area contributed by atoms with E-state index in [1.807, 2.05) is 25.7 Å². The van der Waals surface area contributed by atoms with Gasteiger partial charge in [-0.15, -0.1) is 0 Å². The molecule has 4 heteroatoms. The molecule has 0 bridgehead atoms. The van der Waals surface area contributed by atoms with E-state index in [0.29, 0.717) is 6.04 Å². The molecule has 1 aromatic rings. The van der Waals surface area contributed by atoms with Gasteiger partial charge in [-0.3, -0.25) is 0 Å². The maximum Gasteiger partial charge on any atom is 0.410 e. The fourth-order valence-corrected chi connectivity index (χ4v) is 2.50. The maximum absolute atomic E-state index is 12.2. The summed E-state index contributed by atoms with van der Waals surface area (Å²) in [5.41, 5.74) is 0.883. The lowest BCUT2D eigenvalue weighted by atomic mass is 10.1. The first-order valence-corrected chi connectivity index (χ1v) is 8.38. The van der Waals surface area contributed by atoms with Gasteiger partial charge in [0.2, 0.25) is 0 Å². The van der Waals surface area contributed by atoms with E-state index < -0.39 is 5.60 Å². The SMILES string of the molecule is CC(C)(C)OC(=O)N(CCCc1ccc(Br)cc1)C1CC1. The van der Waals surface area contributed by atoms with Crippen LogP contribution in [0.25, 0.3) is 0 Å². The highest BCUT2D eigenvalue weighted by atomic mass is 79.9. The van der Waals surface area contributed by atoms with Crippen LogP contribution in [-0.2, 0) is 11.2 Å². The fourth-order valence-electron chi connectivity index (χ4n) is 2.23. The Morgan fingerprint density at radius 1 is 1.29 bits per heavy atom. The van der Waals surface area contributed by atoms with E-state index in [1.54, 1.807) is 0 Å². The minimum Gasteiger partial charge on any atom is -0.444 e. The molecule has 0 unspecified atom stereocenters. The van der Waals surface area contributed by atoms with E-state index in [-0.39, 0.29) is 6.09 Å². The summed E-state index contributed by atoms with van der Waals surface area (Å²) >= 11 is 3.44. The zero-order valence-corrected chi connectivity index (χ0v) is 14.6. The molecule has 1 saturated carbocycles. The van der Waals surface area contributed by atoms with Crippen molar-refractivity contribution in [3.63, 3.8) is 0 Å². The van der Waals surface area contributed by atoms with Gasteiger partial charge in [0.05, 0.1) is 0 Å². The Balaban J connectivity index is 1.83. The van der Waals surface area contributed by atoms with Crippen LogP contribution in [0.15, 0.2) is 28.7 Å². The van der Waals surface area contributed by atoms with Gasteiger partial charge in [-0.25, -0.2) is 4.79 Å². The molecule has 1 aliphatic rings. The maximum atomic E-state index is 12.2. The molecule has 0 spiro atoms. The summed E-state index contributed by atoms with van der Waals surface area (Å²) < 4.78 is 6.60. The van der Waals surface area contributed by atoms with Crippen molar-refractivity contribution >= 4 is 22.0 Å². The molecule has 21 heavy (non-hydrogen) atoms. The second-order valence-electron chi connectivity index (χ2n) is 6.63. The number of hydrogen-bond donors (Lipinski definition) is 0. The number of carbonyl (C=O) groups is 1. The molecule has 1 aromatic carbocycles. The summed E-state index contributed by atoms with van der Waals surface area (Å²) in [7, 11) is 0. The summed E-state index contributed by atoms with van der Waals surface area (Å²) in [5, 5.41) is 0. The molecule has 0 N–H and O–H groups in total. The van der Waals surface area contributed by atoms with Crippen molar-refractivity contribution in [3.05, 3.63) is 34.3 Å². The van der Waals surface area contributed by atoms with Crippen LogP contribution in [0.2, 0.25) is 0 Å². The Labute approximate surface area is 135 Å². The van der Waals surface area contributed by atoms with Crippen molar-refractivity contribution < 1.29 is 9.53 Å². The zero-order valence-electron chi connectivity index (χ0n) is 13.1. The highest BCUT2D eigenvalue weighted by Crippen LogP contribution is 2.28. The Morgan fingerprint density at radius 2 is 1.90 bits per heavy atom. The third kappa shape index (κ3) is 5.70. The van der Waals surface area contributed by atoms with Crippen molar-refractivity contribution in [2.75, 3.05) is 6.54 Å². The summed E-state index contributed by atoms with van der Waals surface area (Å²) in [6.07, 6.45) is 4.01. The standard InChI is InChI=1S/C17H24BrNO2/c1-17(2,3)21-16(20)19(15-10-11-15)12-4-5-13-6-8-14(18)9-7-13/h6-9,15H,4-5,10-12H2,1-3H3. The number of benzene rings is 1. The smallest absolute Gasteiger partial charge is 0.410 e. The van der Waals surface area contributed by atoms with Crippen LogP contribution in [0.1, 0.15) is 45.6 Å². The van der Waals surface area contributed by atoms with Gasteiger partial charge in [-0.1, -0.05) is 28.1 Å². The van der Waals surface area contributed by atoms with Crippen LogP contribution in [0.5, 0.6) is 0 Å². The molecule has 0 radical (unpaired) electrons. The van der Waals surface area contributed by atoms with Crippen LogP contribution in [-0.4, -0.2) is 29.2 Å². The lowest BCUT2D eigenvalue weighted by Crippen LogP contribution is -2.39. The van der Waals surface area contributed by atoms with E-state index in [9.17, 15) is 4.79 Å². The van der Waals surface area contributed by atoms with Crippen LogP contribution in [0.3, 0.4) is 0 Å². The number of hydrogen-bond acceptors (Lipinski definition) is 2. The van der Waals surface area contributed by atoms with Crippen molar-refractivity contribution in [1.29, 1.82) is 0 Å². The van der Waals surface area contributed by atoms with Gasteiger partial charge in [0.1, 0.15) is 5.60 Å². The first-order valence-electron chi connectivity index (χ1n) is 7.59. The van der Waals surface area contributed by atoms with E-state index in [4.69, 9.17) is 4.74 Å². The molecule has 0 atom stereocenters. The average molecular weight is 354 g/mol. The molecule has 0 saturated heterocycles. The summed E-state index contributed by atoms with van der Waals surface area (Å²) in [6.45, 7) is 6.52. The number of aryl methyl sites for hydroxylation is 1. The highest BCUT2D eigenvalue weighted by molar-refractivity contribution is 9.10. The van der Waals surface area contributed by atoms with Crippen molar-refractivity contribution in [3.8, 4) is 0 Å². The topological polar surface area (TPSA) is 29.5 Å². The third-order valence-corrected chi connectivity index (χ3v) is 3.92. The monoisotopic (exact) mass is 353 g/mol. The van der Waals surface area contributed by atoms with E-state index >= 15 is 0 Å². The Kier molecular flexibility index (Phi) is 5.31. The quantitative estimate of drug-likeness (QED) is 0.762. The minimum absolute atomic E-state index is 0.166. The van der Waals surface area contributed by atoms with Crippen LogP contribution >= 0.6 is 15.9 Å². The van der Waals surface area contributed by atoms with Gasteiger partial charge in [-0.05, 0) is 64.2 Å². The normalized spacial score (nSPS) is 14.9. The molecule has 2 rings (SSSR count). The Bertz CT molecular complexity index is 475. The van der Waals surface area contributed by atoms with Crippen LogP contribution in [0, 0.1) is 0 Å². The van der Waals surface area contributed by atoms with Gasteiger partial charge < -0.3 is 9.64 Å². The molecule has 1 aliphatic carbocycles. The molecule has 1 fully saturated rings. The van der Waals surface area contributed by atoms with Crippen molar-refractivity contribution in [1.82, 2.24) is 4.90 Å². The van der Waals surface area contributed by atoms with Crippen LogP contribution < -0.4 is 0 Å². The lowest BCUT2D eigenvalue weighted by Gasteiger charge is -2.27. The van der Waals surface area contributed by atoms with Crippen molar-refractivity contribution in [2.45, 2.75) is 58.1 Å². The van der Waals surface area contributed by atoms with Crippen molar-refractivity contribution in [2.24, 2.45) is 0 Å². The molecular weight excluding hydrogens is 330 g/mol. The number of carbonyl (C=O) groups excluding carboxylic acids is 1. The molecule has 0 heterocycles. The van der Waals surface area contributed by atoms with Gasteiger partial charge >= 0.3 is 6.09 Å². The molecule has 0 aromatic heterocycles. The van der Waals surface area contributed by atoms with E-state index in [2.05, 4.69) is 40.2 Å². The van der Waals surface area contributed by atoms with Gasteiger partial charge in [0.25, 0.3) is 0 Å². The Hall–Kier alpha value is -1.03. The highest BCUT2D eigenvalue weighted by Gasteiger charge is 2.34. The molecule has 1 amide bonds. The van der Waals surface area contributed by atoms with Crippen LogP contribution in [0.4, 0.5) is 4.79 Å². The van der Waals surface area contributed by atoms with Gasteiger partial charge in [0, 0.05) is 17.1 Å². The summed E-state index contributed by atoms with van der Waals surface area (Å²) in [6, 6.07) is 8.76. The van der Waals surface area contributed by atoms with E-state index in [1.165, 1.54) is 5.56 Å². The zero-order chi connectivity index (χ0) is 15.5. The summed E-state index contributed by atoms with van der Waals surface area (Å²) in [4.78, 5) is 14.1. The number of rotatable bonds is 5. The largest absolute Gasteiger partial charge is 0.444 e. The van der Waals surface area contributed by atoms with E-state index in [0.717, 1.165) is 36.7 Å². The minimum atomic E-state index is -0.421. The lowest BCUT2D eigenvalue weighted by molar-refractivity contribution is 0.0232. The second kappa shape index (κ2) is 6.82. The summed E-state index contributed by atoms with van der Waals surface area (Å²) in [5.74, 6) is 0. The average Bonchev–Trinajstić information content (AvgIpc) is 3.19. The molecular formula is C17H24BrNO2. The number of ether oxygens (including phenoxy) is 1. The van der Waals surface area contributed by atoms with Gasteiger partial charge in [-0.2, -0.15) is 0 Å². The number of nitrogens with zero attached hydrogens (tertiary/aromatic N) is 1. The van der Waals surface area contributed by atoms with Gasteiger partial charge in [0.15, 0.2) is 0 Å². The molecule has 3 nitrogen and oxygen atoms in total. The Morgan fingerprint density at radius 3 is 2.43 bits per heavy atom.